The fourth-order valence-corrected chi connectivity index (χ4v) is 0.882. The SMILES string of the molecule is Cc1nc(CNC(=O)N[C@H](C)C(=O)O)no1. The number of aromatic nitrogens is 2. The third kappa shape index (κ3) is 3.56. The van der Waals surface area contributed by atoms with Crippen molar-refractivity contribution in [1.29, 1.82) is 0 Å². The summed E-state index contributed by atoms with van der Waals surface area (Å²) in [5.74, 6) is -0.378. The topological polar surface area (TPSA) is 117 Å². The van der Waals surface area contributed by atoms with Crippen molar-refractivity contribution in [3.05, 3.63) is 11.7 Å². The molecule has 16 heavy (non-hydrogen) atoms. The highest BCUT2D eigenvalue weighted by atomic mass is 16.5. The minimum Gasteiger partial charge on any atom is -0.480 e. The highest BCUT2D eigenvalue weighted by Gasteiger charge is 2.13. The molecule has 8 heteroatoms. The van der Waals surface area contributed by atoms with Crippen LogP contribution in [0.25, 0.3) is 0 Å². The molecule has 0 aliphatic carbocycles. The molecule has 0 radical (unpaired) electrons. The summed E-state index contributed by atoms with van der Waals surface area (Å²) in [6, 6.07) is -1.55. The Labute approximate surface area is 91.0 Å². The fraction of sp³-hybridized carbons (Fsp3) is 0.500. The molecule has 3 N–H and O–H groups in total. The molecule has 0 aromatic carbocycles. The van der Waals surface area contributed by atoms with Crippen molar-refractivity contribution < 1.29 is 19.2 Å². The highest BCUT2D eigenvalue weighted by Crippen LogP contribution is 1.93. The number of amides is 2. The van der Waals surface area contributed by atoms with Crippen molar-refractivity contribution in [3.63, 3.8) is 0 Å². The summed E-state index contributed by atoms with van der Waals surface area (Å²) < 4.78 is 4.69. The average Bonchev–Trinajstić information content (AvgIpc) is 2.61. The Hall–Kier alpha value is -2.12. The van der Waals surface area contributed by atoms with Gasteiger partial charge < -0.3 is 20.3 Å². The normalized spacial score (nSPS) is 11.9. The molecule has 0 unspecified atom stereocenters. The minimum absolute atomic E-state index is 0.0789. The molecule has 0 fully saturated rings. The van der Waals surface area contributed by atoms with E-state index in [1.54, 1.807) is 6.92 Å². The van der Waals surface area contributed by atoms with E-state index in [0.717, 1.165) is 0 Å². The number of nitrogens with one attached hydrogen (secondary N) is 2. The summed E-state index contributed by atoms with van der Waals surface area (Å²) in [6.45, 7) is 3.07. The lowest BCUT2D eigenvalue weighted by Crippen LogP contribution is -2.44. The Morgan fingerprint density at radius 1 is 1.56 bits per heavy atom. The first-order valence-corrected chi connectivity index (χ1v) is 4.55. The quantitative estimate of drug-likeness (QED) is 0.648. The van der Waals surface area contributed by atoms with Gasteiger partial charge in [0.1, 0.15) is 6.04 Å². The van der Waals surface area contributed by atoms with Crippen LogP contribution in [-0.4, -0.2) is 33.3 Å². The number of aliphatic carboxylic acids is 1. The van der Waals surface area contributed by atoms with Crippen LogP contribution in [0.5, 0.6) is 0 Å². The fourth-order valence-electron chi connectivity index (χ4n) is 0.882. The van der Waals surface area contributed by atoms with Gasteiger partial charge in [-0.05, 0) is 6.92 Å². The van der Waals surface area contributed by atoms with Crippen LogP contribution in [0.1, 0.15) is 18.6 Å². The molecule has 1 heterocycles. The lowest BCUT2D eigenvalue weighted by molar-refractivity contribution is -0.138. The van der Waals surface area contributed by atoms with Crippen LogP contribution in [0.15, 0.2) is 4.52 Å². The molecular weight excluding hydrogens is 216 g/mol. The van der Waals surface area contributed by atoms with E-state index in [2.05, 4.69) is 25.3 Å². The number of nitrogens with zero attached hydrogens (tertiary/aromatic N) is 2. The van der Waals surface area contributed by atoms with Gasteiger partial charge in [-0.25, -0.2) is 4.79 Å². The zero-order chi connectivity index (χ0) is 12.1. The molecule has 1 rings (SSSR count). The number of carbonyl (C=O) groups is 2. The van der Waals surface area contributed by atoms with Crippen LogP contribution in [-0.2, 0) is 11.3 Å². The first-order chi connectivity index (χ1) is 7.49. The minimum atomic E-state index is -1.11. The summed E-state index contributed by atoms with van der Waals surface area (Å²) in [4.78, 5) is 25.5. The Kier molecular flexibility index (Phi) is 3.81. The number of rotatable bonds is 4. The maximum absolute atomic E-state index is 11.2. The lowest BCUT2D eigenvalue weighted by Gasteiger charge is -2.09. The Balaban J connectivity index is 2.33. The second kappa shape index (κ2) is 5.10. The number of hydrogen-bond acceptors (Lipinski definition) is 5. The largest absolute Gasteiger partial charge is 0.480 e. The van der Waals surface area contributed by atoms with Gasteiger partial charge in [-0.3, -0.25) is 4.79 Å². The summed E-state index contributed by atoms with van der Waals surface area (Å²) in [5.41, 5.74) is 0. The molecule has 88 valence electrons. The van der Waals surface area contributed by atoms with E-state index in [0.29, 0.717) is 11.7 Å². The molecular formula is C8H12N4O4. The van der Waals surface area contributed by atoms with Gasteiger partial charge >= 0.3 is 12.0 Å². The predicted molar refractivity (Wildman–Crippen MR) is 51.5 cm³/mol. The van der Waals surface area contributed by atoms with Gasteiger partial charge in [0, 0.05) is 6.92 Å². The second-order valence-electron chi connectivity index (χ2n) is 3.12. The smallest absolute Gasteiger partial charge is 0.325 e. The molecule has 1 aromatic rings. The van der Waals surface area contributed by atoms with Crippen LogP contribution < -0.4 is 10.6 Å². The van der Waals surface area contributed by atoms with E-state index in [-0.39, 0.29) is 6.54 Å². The summed E-state index contributed by atoms with van der Waals surface area (Å²) >= 11 is 0. The van der Waals surface area contributed by atoms with E-state index >= 15 is 0 Å². The van der Waals surface area contributed by atoms with Crippen LogP contribution in [0.2, 0.25) is 0 Å². The number of carboxylic acid groups (broad SMARTS) is 1. The van der Waals surface area contributed by atoms with Crippen molar-refractivity contribution in [2.45, 2.75) is 26.4 Å². The van der Waals surface area contributed by atoms with Gasteiger partial charge in [-0.15, -0.1) is 0 Å². The third-order valence-electron chi connectivity index (χ3n) is 1.69. The number of aryl methyl sites for hydroxylation is 1. The predicted octanol–water partition coefficient (Wildman–Crippen LogP) is -0.350. The molecule has 0 aliphatic rings. The van der Waals surface area contributed by atoms with Crippen molar-refractivity contribution >= 4 is 12.0 Å². The second-order valence-corrected chi connectivity index (χ2v) is 3.12. The first kappa shape index (κ1) is 12.0. The van der Waals surface area contributed by atoms with Crippen LogP contribution >= 0.6 is 0 Å². The zero-order valence-corrected chi connectivity index (χ0v) is 8.85. The van der Waals surface area contributed by atoms with E-state index in [4.69, 9.17) is 5.11 Å². The summed E-state index contributed by atoms with van der Waals surface area (Å²) in [7, 11) is 0. The Bertz CT molecular complexity index is 389. The first-order valence-electron chi connectivity index (χ1n) is 4.55. The standard InChI is InChI=1S/C8H12N4O4/c1-4(7(13)14)10-8(15)9-3-6-11-5(2)16-12-6/h4H,3H2,1-2H3,(H,13,14)(H2,9,10,15)/t4-/m1/s1. The maximum Gasteiger partial charge on any atom is 0.325 e. The van der Waals surface area contributed by atoms with Crippen molar-refractivity contribution in [1.82, 2.24) is 20.8 Å². The monoisotopic (exact) mass is 228 g/mol. The highest BCUT2D eigenvalue weighted by molar-refractivity contribution is 5.81. The number of hydrogen-bond donors (Lipinski definition) is 3. The molecule has 0 saturated heterocycles. The summed E-state index contributed by atoms with van der Waals surface area (Å²) in [5, 5.41) is 16.7. The van der Waals surface area contributed by atoms with E-state index < -0.39 is 18.0 Å². The van der Waals surface area contributed by atoms with Gasteiger partial charge in [-0.2, -0.15) is 4.98 Å². The van der Waals surface area contributed by atoms with E-state index in [1.807, 2.05) is 0 Å². The molecule has 0 saturated carbocycles. The van der Waals surface area contributed by atoms with Crippen LogP contribution in [0.3, 0.4) is 0 Å². The molecule has 1 atom stereocenters. The molecule has 1 aromatic heterocycles. The van der Waals surface area contributed by atoms with Gasteiger partial charge in [0.25, 0.3) is 0 Å². The Morgan fingerprint density at radius 2 is 2.25 bits per heavy atom. The van der Waals surface area contributed by atoms with E-state index in [9.17, 15) is 9.59 Å². The van der Waals surface area contributed by atoms with Crippen molar-refractivity contribution in [3.8, 4) is 0 Å². The molecule has 0 aliphatic heterocycles. The van der Waals surface area contributed by atoms with Crippen molar-refractivity contribution in [2.75, 3.05) is 0 Å². The summed E-state index contributed by atoms with van der Waals surface area (Å²) in [6.07, 6.45) is 0. The van der Waals surface area contributed by atoms with Gasteiger partial charge in [0.2, 0.25) is 5.89 Å². The van der Waals surface area contributed by atoms with Crippen LogP contribution in [0.4, 0.5) is 4.79 Å². The zero-order valence-electron chi connectivity index (χ0n) is 8.85. The Morgan fingerprint density at radius 3 is 2.75 bits per heavy atom. The van der Waals surface area contributed by atoms with Gasteiger partial charge in [0.05, 0.1) is 6.54 Å². The molecule has 8 nitrogen and oxygen atoms in total. The molecule has 0 bridgehead atoms. The van der Waals surface area contributed by atoms with E-state index in [1.165, 1.54) is 6.92 Å². The number of carboxylic acids is 1. The number of urea groups is 1. The lowest BCUT2D eigenvalue weighted by atomic mass is 10.3. The van der Waals surface area contributed by atoms with Crippen molar-refractivity contribution in [2.24, 2.45) is 0 Å². The van der Waals surface area contributed by atoms with Gasteiger partial charge in [0.15, 0.2) is 5.82 Å². The number of carbonyl (C=O) groups excluding carboxylic acids is 1. The average molecular weight is 228 g/mol. The van der Waals surface area contributed by atoms with Crippen LogP contribution in [0, 0.1) is 6.92 Å². The van der Waals surface area contributed by atoms with Gasteiger partial charge in [-0.1, -0.05) is 5.16 Å². The molecule has 2 amide bonds. The third-order valence-corrected chi connectivity index (χ3v) is 1.69. The maximum atomic E-state index is 11.2. The molecule has 0 spiro atoms.